The number of carbonyl (C=O) groups is 2. The minimum absolute atomic E-state index is 0.0148. The molecule has 12 heteroatoms. The molecule has 1 fully saturated rings. The van der Waals surface area contributed by atoms with E-state index in [1.165, 1.54) is 22.8 Å². The molecule has 0 saturated carbocycles. The second-order valence-electron chi connectivity index (χ2n) is 6.11. The molecule has 3 rings (SSSR count). The summed E-state index contributed by atoms with van der Waals surface area (Å²) in [6, 6.07) is 4.15. The average Bonchev–Trinajstić information content (AvgIpc) is 3.14. The number of alkyl halides is 5. The maximum Gasteiger partial charge on any atom is 0.437 e. The first kappa shape index (κ1) is 21.0. The Morgan fingerprint density at radius 1 is 1.21 bits per heavy atom. The lowest BCUT2D eigenvalue weighted by Gasteiger charge is -2.44. The van der Waals surface area contributed by atoms with Gasteiger partial charge in [-0.05, 0) is 29.1 Å². The number of rotatable bonds is 5. The molecule has 1 aromatic carbocycles. The summed E-state index contributed by atoms with van der Waals surface area (Å²) < 4.78 is 69.9. The average molecular weight is 436 g/mol. The number of carbonyl (C=O) groups excluding carboxylic acids is 2. The Bertz CT molecular complexity index is 888. The molecule has 0 bridgehead atoms. The molecule has 3 N–H and O–H groups in total. The van der Waals surface area contributed by atoms with Crippen LogP contribution in [0.3, 0.4) is 0 Å². The number of amides is 2. The van der Waals surface area contributed by atoms with Gasteiger partial charge in [-0.1, -0.05) is 18.2 Å². The van der Waals surface area contributed by atoms with E-state index in [0.717, 1.165) is 35.6 Å². The topological polar surface area (TPSA) is 87.7 Å². The zero-order valence-corrected chi connectivity index (χ0v) is 15.1. The molecular weight excluding hydrogens is 423 g/mol. The van der Waals surface area contributed by atoms with Gasteiger partial charge in [-0.25, -0.2) is 4.79 Å². The number of benzene rings is 1. The highest BCUT2D eigenvalue weighted by molar-refractivity contribution is 7.12. The molecule has 3 atom stereocenters. The third-order valence-electron chi connectivity index (χ3n) is 4.32. The number of ketones is 1. The zero-order valence-electron chi connectivity index (χ0n) is 14.2. The van der Waals surface area contributed by atoms with Crippen LogP contribution in [0.5, 0.6) is 5.75 Å². The number of aliphatic hydroxyl groups is 1. The van der Waals surface area contributed by atoms with Crippen molar-refractivity contribution in [3.8, 4) is 5.75 Å². The quantitative estimate of drug-likeness (QED) is 0.495. The second kappa shape index (κ2) is 7.59. The number of ether oxygens (including phenoxy) is 1. The van der Waals surface area contributed by atoms with Crippen LogP contribution in [0.1, 0.15) is 21.3 Å². The maximum atomic E-state index is 13.7. The largest absolute Gasteiger partial charge is 0.437 e. The predicted octanol–water partition coefficient (Wildman–Crippen LogP) is 3.45. The van der Waals surface area contributed by atoms with Gasteiger partial charge in [-0.15, -0.1) is 11.3 Å². The summed E-state index contributed by atoms with van der Waals surface area (Å²) in [6.07, 6.45) is -5.38. The number of halogens is 5. The van der Waals surface area contributed by atoms with Gasteiger partial charge in [0.15, 0.2) is 5.78 Å². The first-order valence-electron chi connectivity index (χ1n) is 8.03. The van der Waals surface area contributed by atoms with E-state index in [1.807, 2.05) is 0 Å². The number of nitrogens with one attached hydrogen (secondary N) is 2. The molecule has 0 radical (unpaired) electrons. The molecule has 1 aliphatic heterocycles. The summed E-state index contributed by atoms with van der Waals surface area (Å²) in [6.45, 7) is -3.11. The minimum Gasteiger partial charge on any atom is -0.435 e. The van der Waals surface area contributed by atoms with Crippen LogP contribution >= 0.6 is 11.3 Å². The molecule has 6 nitrogen and oxygen atoms in total. The van der Waals surface area contributed by atoms with Crippen molar-refractivity contribution in [2.75, 3.05) is 0 Å². The van der Waals surface area contributed by atoms with Gasteiger partial charge >= 0.3 is 18.8 Å². The van der Waals surface area contributed by atoms with Crippen LogP contribution in [0.2, 0.25) is 0 Å². The number of urea groups is 1. The van der Waals surface area contributed by atoms with E-state index >= 15 is 0 Å². The third-order valence-corrected chi connectivity index (χ3v) is 5.20. The lowest BCUT2D eigenvalue weighted by molar-refractivity contribution is -0.287. The van der Waals surface area contributed by atoms with Crippen LogP contribution in [0.4, 0.5) is 26.7 Å². The molecule has 0 aliphatic carbocycles. The number of hydrogen-bond acceptors (Lipinski definition) is 5. The molecule has 2 heterocycles. The number of thiophene rings is 1. The second-order valence-corrected chi connectivity index (χ2v) is 7.05. The summed E-state index contributed by atoms with van der Waals surface area (Å²) in [5, 5.41) is 15.4. The van der Waals surface area contributed by atoms with E-state index in [0.29, 0.717) is 0 Å². The van der Waals surface area contributed by atoms with Crippen molar-refractivity contribution in [1.82, 2.24) is 10.6 Å². The lowest BCUT2D eigenvalue weighted by atomic mass is 9.78. The highest BCUT2D eigenvalue weighted by Crippen LogP contribution is 2.44. The molecule has 29 heavy (non-hydrogen) atoms. The van der Waals surface area contributed by atoms with Gasteiger partial charge < -0.3 is 20.5 Å². The van der Waals surface area contributed by atoms with Crippen LogP contribution in [-0.2, 0) is 0 Å². The fourth-order valence-electron chi connectivity index (χ4n) is 3.05. The van der Waals surface area contributed by atoms with Crippen molar-refractivity contribution in [3.63, 3.8) is 0 Å². The van der Waals surface area contributed by atoms with Crippen LogP contribution in [0.15, 0.2) is 41.8 Å². The first-order chi connectivity index (χ1) is 13.5. The summed E-state index contributed by atoms with van der Waals surface area (Å²) in [4.78, 5) is 24.7. The van der Waals surface area contributed by atoms with Crippen LogP contribution in [0.25, 0.3) is 0 Å². The van der Waals surface area contributed by atoms with Gasteiger partial charge in [0.2, 0.25) is 5.72 Å². The smallest absolute Gasteiger partial charge is 0.435 e. The number of hydrogen-bond donors (Lipinski definition) is 3. The molecule has 156 valence electrons. The fourth-order valence-corrected chi connectivity index (χ4v) is 3.75. The fraction of sp³-hybridized carbons (Fsp3) is 0.294. The zero-order chi connectivity index (χ0) is 21.4. The van der Waals surface area contributed by atoms with Crippen molar-refractivity contribution >= 4 is 23.2 Å². The Labute approximate surface area is 164 Å². The normalized spacial score (nSPS) is 24.7. The van der Waals surface area contributed by atoms with Gasteiger partial charge in [-0.2, -0.15) is 22.0 Å². The van der Waals surface area contributed by atoms with Crippen molar-refractivity contribution in [3.05, 3.63) is 52.2 Å². The maximum absolute atomic E-state index is 13.7. The van der Waals surface area contributed by atoms with Gasteiger partial charge in [0.25, 0.3) is 0 Å². The van der Waals surface area contributed by atoms with E-state index in [2.05, 4.69) is 10.1 Å². The van der Waals surface area contributed by atoms with Crippen molar-refractivity contribution in [2.45, 2.75) is 24.6 Å². The lowest BCUT2D eigenvalue weighted by Crippen LogP contribution is -2.72. The van der Waals surface area contributed by atoms with Crippen molar-refractivity contribution in [1.29, 1.82) is 0 Å². The monoisotopic (exact) mass is 436 g/mol. The van der Waals surface area contributed by atoms with Gasteiger partial charge in [0.1, 0.15) is 11.7 Å². The predicted molar refractivity (Wildman–Crippen MR) is 90.6 cm³/mol. The van der Waals surface area contributed by atoms with Gasteiger partial charge in [0.05, 0.1) is 10.9 Å². The Kier molecular flexibility index (Phi) is 5.50. The van der Waals surface area contributed by atoms with Crippen molar-refractivity contribution in [2.24, 2.45) is 5.92 Å². The molecule has 2 amide bonds. The third kappa shape index (κ3) is 4.03. The standard InChI is InChI=1S/C17H13F5N2O4S/c18-14(19)28-9-5-3-8(4-6-9)12-11(13(25)10-2-1-7-29-10)16(27,17(20,21)22)24-15(26)23-12/h1-7,11-12,14,27H,(H2,23,24,26). The summed E-state index contributed by atoms with van der Waals surface area (Å²) >= 11 is 0.872. The molecule has 3 unspecified atom stereocenters. The van der Waals surface area contributed by atoms with E-state index in [9.17, 15) is 36.6 Å². The van der Waals surface area contributed by atoms with E-state index in [4.69, 9.17) is 0 Å². The molecule has 1 aromatic heterocycles. The Morgan fingerprint density at radius 2 is 1.86 bits per heavy atom. The van der Waals surface area contributed by atoms with Gasteiger partial charge in [0, 0.05) is 0 Å². The van der Waals surface area contributed by atoms with Crippen molar-refractivity contribution < 1.29 is 41.4 Å². The molecule has 2 aromatic rings. The van der Waals surface area contributed by atoms with Crippen LogP contribution in [-0.4, -0.2) is 35.4 Å². The Balaban J connectivity index is 2.06. The Morgan fingerprint density at radius 3 is 2.38 bits per heavy atom. The molecule has 1 saturated heterocycles. The van der Waals surface area contributed by atoms with E-state index in [-0.39, 0.29) is 16.2 Å². The SMILES string of the molecule is O=C1NC(c2ccc(OC(F)F)cc2)C(C(=O)c2cccs2)C(O)(C(F)(F)F)N1. The van der Waals surface area contributed by atoms with E-state index < -0.39 is 42.3 Å². The Hall–Kier alpha value is -2.73. The highest BCUT2D eigenvalue weighted by atomic mass is 32.1. The highest BCUT2D eigenvalue weighted by Gasteiger charge is 2.66. The summed E-state index contributed by atoms with van der Waals surface area (Å²) in [5.41, 5.74) is -3.86. The minimum atomic E-state index is -5.38. The summed E-state index contributed by atoms with van der Waals surface area (Å²) in [5.74, 6) is -3.50. The summed E-state index contributed by atoms with van der Waals surface area (Å²) in [7, 11) is 0. The van der Waals surface area contributed by atoms with Crippen LogP contribution < -0.4 is 15.4 Å². The molecule has 1 aliphatic rings. The first-order valence-corrected chi connectivity index (χ1v) is 8.91. The van der Waals surface area contributed by atoms with Crippen LogP contribution in [0, 0.1) is 5.92 Å². The molecule has 0 spiro atoms. The molecular formula is C17H13F5N2O4S. The van der Waals surface area contributed by atoms with Gasteiger partial charge in [-0.3, -0.25) is 4.79 Å². The number of Topliss-reactive ketones (excluding diaryl/α,β-unsaturated/α-hetero) is 1. The van der Waals surface area contributed by atoms with E-state index in [1.54, 1.807) is 0 Å².